The van der Waals surface area contributed by atoms with Gasteiger partial charge in [0.25, 0.3) is 0 Å². The van der Waals surface area contributed by atoms with Crippen molar-refractivity contribution in [3.63, 3.8) is 0 Å². The molecule has 5 heteroatoms. The maximum atomic E-state index is 11.6. The third kappa shape index (κ3) is 4.62. The third-order valence-electron chi connectivity index (χ3n) is 2.84. The number of rotatable bonds is 4. The number of nitrogens with two attached hydrogens (primary N) is 1. The predicted molar refractivity (Wildman–Crippen MR) is 68.6 cm³/mol. The molecule has 1 heterocycles. The molecular formula is C10H21ClN2OS. The van der Waals surface area contributed by atoms with Crippen molar-refractivity contribution < 1.29 is 4.79 Å². The van der Waals surface area contributed by atoms with Gasteiger partial charge in [-0.05, 0) is 25.5 Å². The molecule has 0 bridgehead atoms. The van der Waals surface area contributed by atoms with Crippen molar-refractivity contribution in [2.24, 2.45) is 11.7 Å². The highest BCUT2D eigenvalue weighted by atomic mass is 35.5. The summed E-state index contributed by atoms with van der Waals surface area (Å²) in [7, 11) is 0. The second kappa shape index (κ2) is 7.36. The van der Waals surface area contributed by atoms with E-state index in [-0.39, 0.29) is 18.4 Å². The molecule has 1 fully saturated rings. The molecule has 0 aromatic carbocycles. The van der Waals surface area contributed by atoms with Gasteiger partial charge in [0.15, 0.2) is 0 Å². The smallest absolute Gasteiger partial charge is 0.223 e. The molecule has 2 N–H and O–H groups in total. The van der Waals surface area contributed by atoms with Crippen molar-refractivity contribution in [2.45, 2.75) is 25.8 Å². The lowest BCUT2D eigenvalue weighted by Gasteiger charge is -2.17. The fourth-order valence-electron chi connectivity index (χ4n) is 1.79. The van der Waals surface area contributed by atoms with E-state index < -0.39 is 0 Å². The quantitative estimate of drug-likeness (QED) is 0.822. The summed E-state index contributed by atoms with van der Waals surface area (Å²) in [6.45, 7) is 3.80. The minimum absolute atomic E-state index is 0. The average molecular weight is 253 g/mol. The Bertz CT molecular complexity index is 202. The first-order valence-electron chi connectivity index (χ1n) is 5.17. The average Bonchev–Trinajstić information content (AvgIpc) is 2.62. The third-order valence-corrected chi connectivity index (χ3v) is 3.45. The van der Waals surface area contributed by atoms with Gasteiger partial charge in [-0.1, -0.05) is 0 Å². The van der Waals surface area contributed by atoms with Crippen molar-refractivity contribution >= 4 is 30.1 Å². The highest BCUT2D eigenvalue weighted by molar-refractivity contribution is 7.98. The van der Waals surface area contributed by atoms with Crippen LogP contribution in [0.3, 0.4) is 0 Å². The van der Waals surface area contributed by atoms with Crippen LogP contribution < -0.4 is 5.73 Å². The number of amides is 1. The van der Waals surface area contributed by atoms with Gasteiger partial charge in [0.1, 0.15) is 0 Å². The highest BCUT2D eigenvalue weighted by Gasteiger charge is 2.27. The van der Waals surface area contributed by atoms with E-state index in [1.54, 1.807) is 11.8 Å². The van der Waals surface area contributed by atoms with E-state index >= 15 is 0 Å². The molecule has 1 saturated heterocycles. The molecule has 3 nitrogen and oxygen atoms in total. The lowest BCUT2D eigenvalue weighted by molar-refractivity contribution is -0.129. The predicted octanol–water partition coefficient (Wildman–Crippen LogP) is 1.36. The topological polar surface area (TPSA) is 46.3 Å². The van der Waals surface area contributed by atoms with Crippen LogP contribution in [0.4, 0.5) is 0 Å². The Labute approximate surface area is 103 Å². The minimum Gasteiger partial charge on any atom is -0.342 e. The Balaban J connectivity index is 0.00000196. The molecule has 0 radical (unpaired) electrons. The number of nitrogens with zero attached hydrogens (tertiary/aromatic N) is 1. The normalized spacial score (nSPS) is 22.3. The van der Waals surface area contributed by atoms with Crippen molar-refractivity contribution in [3.8, 4) is 0 Å². The molecule has 2 atom stereocenters. The molecule has 0 aromatic rings. The van der Waals surface area contributed by atoms with Crippen LogP contribution >= 0.6 is 24.2 Å². The van der Waals surface area contributed by atoms with Gasteiger partial charge in [-0.3, -0.25) is 4.79 Å². The van der Waals surface area contributed by atoms with Crippen molar-refractivity contribution in [1.82, 2.24) is 4.90 Å². The van der Waals surface area contributed by atoms with Gasteiger partial charge in [-0.15, -0.1) is 12.4 Å². The van der Waals surface area contributed by atoms with E-state index in [0.717, 1.165) is 25.3 Å². The first-order chi connectivity index (χ1) is 6.65. The molecule has 1 rings (SSSR count). The van der Waals surface area contributed by atoms with E-state index in [1.165, 1.54) is 0 Å². The number of halogens is 1. The Morgan fingerprint density at radius 3 is 2.80 bits per heavy atom. The Hall–Kier alpha value is 0.0700. The van der Waals surface area contributed by atoms with Crippen molar-refractivity contribution in [1.29, 1.82) is 0 Å². The zero-order valence-corrected chi connectivity index (χ0v) is 11.1. The number of carbonyl (C=O) groups is 1. The van der Waals surface area contributed by atoms with Crippen LogP contribution in [-0.4, -0.2) is 41.9 Å². The van der Waals surface area contributed by atoms with Gasteiger partial charge in [0.2, 0.25) is 5.91 Å². The Morgan fingerprint density at radius 2 is 2.33 bits per heavy atom. The summed E-state index contributed by atoms with van der Waals surface area (Å²) in [4.78, 5) is 13.6. The molecule has 15 heavy (non-hydrogen) atoms. The summed E-state index contributed by atoms with van der Waals surface area (Å²) in [5.41, 5.74) is 5.82. The molecule has 0 aliphatic carbocycles. The Kier molecular flexibility index (Phi) is 7.40. The summed E-state index contributed by atoms with van der Waals surface area (Å²) in [6, 6.07) is 0.216. The first-order valence-corrected chi connectivity index (χ1v) is 6.57. The summed E-state index contributed by atoms with van der Waals surface area (Å²) < 4.78 is 0. The first kappa shape index (κ1) is 15.1. The summed E-state index contributed by atoms with van der Waals surface area (Å²) in [5, 5.41) is 0. The van der Waals surface area contributed by atoms with E-state index in [4.69, 9.17) is 5.73 Å². The number of hydrogen-bond donors (Lipinski definition) is 1. The van der Waals surface area contributed by atoms with Gasteiger partial charge < -0.3 is 10.6 Å². The van der Waals surface area contributed by atoms with Crippen LogP contribution in [0.2, 0.25) is 0 Å². The lowest BCUT2D eigenvalue weighted by Crippen LogP contribution is -2.33. The number of likely N-dealkylation sites (tertiary alicyclic amines) is 1. The van der Waals surface area contributed by atoms with Gasteiger partial charge in [-0.2, -0.15) is 11.8 Å². The van der Waals surface area contributed by atoms with E-state index in [9.17, 15) is 4.79 Å². The second-order valence-electron chi connectivity index (χ2n) is 3.99. The molecule has 0 saturated carbocycles. The zero-order chi connectivity index (χ0) is 10.6. The van der Waals surface area contributed by atoms with Crippen LogP contribution in [-0.2, 0) is 4.79 Å². The van der Waals surface area contributed by atoms with Gasteiger partial charge in [0, 0.05) is 31.3 Å². The van der Waals surface area contributed by atoms with Crippen LogP contribution in [0.1, 0.15) is 19.8 Å². The van der Waals surface area contributed by atoms with E-state index in [1.807, 2.05) is 18.1 Å². The van der Waals surface area contributed by atoms with Gasteiger partial charge in [-0.25, -0.2) is 0 Å². The van der Waals surface area contributed by atoms with Crippen LogP contribution in [0.15, 0.2) is 0 Å². The molecule has 90 valence electrons. The monoisotopic (exact) mass is 252 g/mol. The molecule has 0 aromatic heterocycles. The van der Waals surface area contributed by atoms with Crippen LogP contribution in [0, 0.1) is 5.92 Å². The molecular weight excluding hydrogens is 232 g/mol. The fraction of sp³-hybridized carbons (Fsp3) is 0.900. The Morgan fingerprint density at radius 1 is 1.67 bits per heavy atom. The maximum absolute atomic E-state index is 11.6. The number of hydrogen-bond acceptors (Lipinski definition) is 3. The second-order valence-corrected chi connectivity index (χ2v) is 4.98. The summed E-state index contributed by atoms with van der Waals surface area (Å²) in [6.07, 6.45) is 3.78. The molecule has 2 unspecified atom stereocenters. The van der Waals surface area contributed by atoms with E-state index in [0.29, 0.717) is 18.2 Å². The largest absolute Gasteiger partial charge is 0.342 e. The summed E-state index contributed by atoms with van der Waals surface area (Å²) in [5.74, 6) is 1.73. The van der Waals surface area contributed by atoms with Gasteiger partial charge >= 0.3 is 0 Å². The van der Waals surface area contributed by atoms with Crippen LogP contribution in [0.5, 0.6) is 0 Å². The molecule has 1 aliphatic heterocycles. The van der Waals surface area contributed by atoms with Gasteiger partial charge in [0.05, 0.1) is 0 Å². The highest BCUT2D eigenvalue weighted by Crippen LogP contribution is 2.19. The fourth-order valence-corrected chi connectivity index (χ4v) is 2.17. The molecule has 0 spiro atoms. The number of thioether (sulfide) groups is 1. The van der Waals surface area contributed by atoms with Crippen molar-refractivity contribution in [3.05, 3.63) is 0 Å². The maximum Gasteiger partial charge on any atom is 0.223 e. The molecule has 1 amide bonds. The minimum atomic E-state index is 0. The zero-order valence-electron chi connectivity index (χ0n) is 9.44. The summed E-state index contributed by atoms with van der Waals surface area (Å²) >= 11 is 1.72. The van der Waals surface area contributed by atoms with E-state index in [2.05, 4.69) is 0 Å². The number of carbonyl (C=O) groups excluding carboxylic acids is 1. The molecule has 1 aliphatic rings. The van der Waals surface area contributed by atoms with Crippen LogP contribution in [0.25, 0.3) is 0 Å². The lowest BCUT2D eigenvalue weighted by atomic mass is 10.0. The van der Waals surface area contributed by atoms with Crippen molar-refractivity contribution in [2.75, 3.05) is 25.1 Å². The standard InChI is InChI=1S/C10H20N2OS.ClH/c1-8(11)9-3-5-12(7-9)10(13)4-6-14-2;/h8-9H,3-7,11H2,1-2H3;1H. The SMILES string of the molecule is CSCCC(=O)N1CCC(C(C)N)C1.Cl.